The highest BCUT2D eigenvalue weighted by atomic mass is 16.5. The average Bonchev–Trinajstić information content (AvgIpc) is 2.53. The molecule has 0 saturated heterocycles. The van der Waals surface area contributed by atoms with Crippen LogP contribution in [0.25, 0.3) is 21.8 Å². The first-order chi connectivity index (χ1) is 10.6. The highest BCUT2D eigenvalue weighted by molar-refractivity contribution is 6.08. The SMILES string of the molecule is COc1ccc(OC)c2c(=O)c3cccc(C(N)=O)c3[nH]c12. The first-order valence-electron chi connectivity index (χ1n) is 6.58. The molecule has 22 heavy (non-hydrogen) atoms. The summed E-state index contributed by atoms with van der Waals surface area (Å²) < 4.78 is 10.6. The number of para-hydroxylation sites is 1. The van der Waals surface area contributed by atoms with Crippen molar-refractivity contribution in [2.45, 2.75) is 0 Å². The molecule has 0 bridgehead atoms. The number of pyridine rings is 1. The zero-order chi connectivity index (χ0) is 15.9. The Labute approximate surface area is 125 Å². The van der Waals surface area contributed by atoms with Gasteiger partial charge in [0, 0.05) is 5.39 Å². The van der Waals surface area contributed by atoms with E-state index in [4.69, 9.17) is 15.2 Å². The smallest absolute Gasteiger partial charge is 0.250 e. The Bertz CT molecular complexity index is 960. The van der Waals surface area contributed by atoms with Gasteiger partial charge in [0.2, 0.25) is 5.43 Å². The van der Waals surface area contributed by atoms with Crippen molar-refractivity contribution in [3.05, 3.63) is 46.1 Å². The molecule has 0 atom stereocenters. The molecular weight excluding hydrogens is 284 g/mol. The molecule has 1 aromatic heterocycles. The van der Waals surface area contributed by atoms with Crippen LogP contribution in [-0.2, 0) is 0 Å². The molecule has 0 aliphatic heterocycles. The largest absolute Gasteiger partial charge is 0.496 e. The van der Waals surface area contributed by atoms with Crippen molar-refractivity contribution in [3.8, 4) is 11.5 Å². The van der Waals surface area contributed by atoms with E-state index < -0.39 is 5.91 Å². The summed E-state index contributed by atoms with van der Waals surface area (Å²) in [5.41, 5.74) is 6.24. The second kappa shape index (κ2) is 5.07. The summed E-state index contributed by atoms with van der Waals surface area (Å²) in [4.78, 5) is 27.5. The molecule has 3 rings (SSSR count). The second-order valence-corrected chi connectivity index (χ2v) is 4.77. The zero-order valence-electron chi connectivity index (χ0n) is 12.1. The normalized spacial score (nSPS) is 10.8. The molecule has 0 radical (unpaired) electrons. The molecule has 1 heterocycles. The third kappa shape index (κ3) is 1.88. The van der Waals surface area contributed by atoms with Crippen molar-refractivity contribution >= 4 is 27.7 Å². The number of hydrogen-bond acceptors (Lipinski definition) is 4. The first kappa shape index (κ1) is 13.9. The number of nitrogens with two attached hydrogens (primary N) is 1. The van der Waals surface area contributed by atoms with Gasteiger partial charge >= 0.3 is 0 Å². The minimum atomic E-state index is -0.609. The van der Waals surface area contributed by atoms with E-state index in [9.17, 15) is 9.59 Å². The summed E-state index contributed by atoms with van der Waals surface area (Å²) in [5.74, 6) is 0.306. The van der Waals surface area contributed by atoms with E-state index in [0.717, 1.165) is 0 Å². The lowest BCUT2D eigenvalue weighted by Crippen LogP contribution is -2.14. The van der Waals surface area contributed by atoms with Gasteiger partial charge in [-0.25, -0.2) is 0 Å². The second-order valence-electron chi connectivity index (χ2n) is 4.77. The number of methoxy groups -OCH3 is 2. The molecule has 3 aromatic rings. The molecule has 0 aliphatic rings. The fourth-order valence-corrected chi connectivity index (χ4v) is 2.60. The van der Waals surface area contributed by atoms with Crippen LogP contribution >= 0.6 is 0 Å². The number of amides is 1. The van der Waals surface area contributed by atoms with Crippen LogP contribution in [-0.4, -0.2) is 25.1 Å². The number of H-pyrrole nitrogens is 1. The maximum absolute atomic E-state index is 12.8. The molecule has 3 N–H and O–H groups in total. The minimum Gasteiger partial charge on any atom is -0.496 e. The number of aromatic nitrogens is 1. The van der Waals surface area contributed by atoms with E-state index in [1.165, 1.54) is 14.2 Å². The lowest BCUT2D eigenvalue weighted by molar-refractivity contribution is 0.100. The molecule has 6 nitrogen and oxygen atoms in total. The quantitative estimate of drug-likeness (QED) is 0.721. The zero-order valence-corrected chi connectivity index (χ0v) is 12.1. The van der Waals surface area contributed by atoms with Crippen molar-refractivity contribution < 1.29 is 14.3 Å². The fourth-order valence-electron chi connectivity index (χ4n) is 2.60. The number of primary amides is 1. The van der Waals surface area contributed by atoms with Gasteiger partial charge in [0.1, 0.15) is 11.5 Å². The number of benzene rings is 2. The van der Waals surface area contributed by atoms with Gasteiger partial charge in [-0.05, 0) is 24.3 Å². The summed E-state index contributed by atoms with van der Waals surface area (Å²) in [6.45, 7) is 0. The van der Waals surface area contributed by atoms with Gasteiger partial charge in [-0.3, -0.25) is 9.59 Å². The number of hydrogen-bond donors (Lipinski definition) is 2. The predicted octanol–water partition coefficient (Wildman–Crippen LogP) is 1.80. The van der Waals surface area contributed by atoms with E-state index in [2.05, 4.69) is 4.98 Å². The van der Waals surface area contributed by atoms with Gasteiger partial charge in [0.15, 0.2) is 0 Å². The van der Waals surface area contributed by atoms with Gasteiger partial charge in [-0.1, -0.05) is 6.07 Å². The van der Waals surface area contributed by atoms with Crippen LogP contribution in [0.4, 0.5) is 0 Å². The van der Waals surface area contributed by atoms with E-state index in [-0.39, 0.29) is 11.0 Å². The Morgan fingerprint density at radius 3 is 2.36 bits per heavy atom. The number of aromatic amines is 1. The van der Waals surface area contributed by atoms with Crippen LogP contribution in [0, 0.1) is 0 Å². The standard InChI is InChI=1S/C16H14N2O4/c1-21-10-6-7-11(22-2)14-12(10)15(19)8-4-3-5-9(16(17)20)13(8)18-14/h3-7H,1-2H3,(H2,17,20)(H,18,19). The van der Waals surface area contributed by atoms with Crippen molar-refractivity contribution in [3.63, 3.8) is 0 Å². The van der Waals surface area contributed by atoms with Crippen LogP contribution in [0.5, 0.6) is 11.5 Å². The molecule has 0 unspecified atom stereocenters. The first-order valence-corrected chi connectivity index (χ1v) is 6.58. The van der Waals surface area contributed by atoms with Crippen LogP contribution in [0.15, 0.2) is 35.1 Å². The van der Waals surface area contributed by atoms with Crippen LogP contribution in [0.2, 0.25) is 0 Å². The van der Waals surface area contributed by atoms with Gasteiger partial charge < -0.3 is 20.2 Å². The molecule has 6 heteroatoms. The molecule has 112 valence electrons. The Kier molecular flexibility index (Phi) is 3.21. The average molecular weight is 298 g/mol. The van der Waals surface area contributed by atoms with Gasteiger partial charge in [0.05, 0.1) is 36.2 Å². The minimum absolute atomic E-state index is 0.248. The van der Waals surface area contributed by atoms with E-state index in [1.807, 2.05) is 0 Å². The number of ether oxygens (including phenoxy) is 2. The Morgan fingerprint density at radius 1 is 1.05 bits per heavy atom. The third-order valence-electron chi connectivity index (χ3n) is 3.62. The highest BCUT2D eigenvalue weighted by Crippen LogP contribution is 2.31. The van der Waals surface area contributed by atoms with Crippen molar-refractivity contribution in [1.82, 2.24) is 4.98 Å². The summed E-state index contributed by atoms with van der Waals surface area (Å²) >= 11 is 0. The number of fused-ring (bicyclic) bond motifs is 2. The van der Waals surface area contributed by atoms with Gasteiger partial charge in [-0.2, -0.15) is 0 Å². The Morgan fingerprint density at radius 2 is 1.73 bits per heavy atom. The molecule has 0 spiro atoms. The molecule has 2 aromatic carbocycles. The predicted molar refractivity (Wildman–Crippen MR) is 83.7 cm³/mol. The summed E-state index contributed by atoms with van der Waals surface area (Å²) in [7, 11) is 2.99. The Balaban J connectivity index is 2.60. The van der Waals surface area contributed by atoms with Gasteiger partial charge in [-0.15, -0.1) is 0 Å². The molecular formula is C16H14N2O4. The summed E-state index contributed by atoms with van der Waals surface area (Å²) in [6.07, 6.45) is 0. The topological polar surface area (TPSA) is 94.4 Å². The molecule has 0 fully saturated rings. The maximum Gasteiger partial charge on any atom is 0.250 e. The van der Waals surface area contributed by atoms with Crippen LogP contribution < -0.4 is 20.6 Å². The van der Waals surface area contributed by atoms with Crippen LogP contribution in [0.3, 0.4) is 0 Å². The monoisotopic (exact) mass is 298 g/mol. The number of rotatable bonds is 3. The highest BCUT2D eigenvalue weighted by Gasteiger charge is 2.16. The summed E-state index contributed by atoms with van der Waals surface area (Å²) in [6, 6.07) is 8.18. The lowest BCUT2D eigenvalue weighted by atomic mass is 10.0. The number of carbonyl (C=O) groups excluding carboxylic acids is 1. The third-order valence-corrected chi connectivity index (χ3v) is 3.62. The van der Waals surface area contributed by atoms with Crippen molar-refractivity contribution in [1.29, 1.82) is 0 Å². The van der Waals surface area contributed by atoms with Crippen LogP contribution in [0.1, 0.15) is 10.4 Å². The Hall–Kier alpha value is -3.02. The maximum atomic E-state index is 12.8. The fraction of sp³-hybridized carbons (Fsp3) is 0.125. The molecule has 0 aliphatic carbocycles. The lowest BCUT2D eigenvalue weighted by Gasteiger charge is -2.11. The van der Waals surface area contributed by atoms with E-state index in [0.29, 0.717) is 33.3 Å². The summed E-state index contributed by atoms with van der Waals surface area (Å²) in [5, 5.41) is 0.742. The number of carbonyl (C=O) groups is 1. The van der Waals surface area contributed by atoms with Gasteiger partial charge in [0.25, 0.3) is 5.91 Å². The van der Waals surface area contributed by atoms with E-state index in [1.54, 1.807) is 30.3 Å². The van der Waals surface area contributed by atoms with Crippen molar-refractivity contribution in [2.24, 2.45) is 5.73 Å². The van der Waals surface area contributed by atoms with Crippen molar-refractivity contribution in [2.75, 3.05) is 14.2 Å². The number of nitrogens with one attached hydrogen (secondary N) is 1. The van der Waals surface area contributed by atoms with E-state index >= 15 is 0 Å². The molecule has 1 amide bonds. The molecule has 0 saturated carbocycles.